The summed E-state index contributed by atoms with van der Waals surface area (Å²) in [5.41, 5.74) is 0. The number of nitrogens with one attached hydrogen (secondary N) is 1. The molecule has 0 aliphatic carbocycles. The molecule has 0 bridgehead atoms. The molecular formula is C16H22N4O2S. The van der Waals surface area contributed by atoms with Crippen molar-refractivity contribution in [3.05, 3.63) is 23.4 Å². The van der Waals surface area contributed by atoms with Crippen LogP contribution in [-0.4, -0.2) is 40.1 Å². The third-order valence-corrected chi connectivity index (χ3v) is 4.74. The number of piperidine rings is 1. The van der Waals surface area contributed by atoms with Crippen LogP contribution in [0.15, 0.2) is 22.0 Å². The lowest BCUT2D eigenvalue weighted by Crippen LogP contribution is -2.44. The van der Waals surface area contributed by atoms with Gasteiger partial charge in [-0.2, -0.15) is 4.98 Å². The number of aromatic nitrogens is 2. The Labute approximate surface area is 139 Å². The van der Waals surface area contributed by atoms with Crippen molar-refractivity contribution < 1.29 is 9.32 Å². The molecule has 0 aromatic carbocycles. The van der Waals surface area contributed by atoms with Gasteiger partial charge in [-0.1, -0.05) is 11.2 Å². The Hall–Kier alpha value is -1.73. The van der Waals surface area contributed by atoms with Crippen LogP contribution in [0.4, 0.5) is 0 Å². The first-order valence-electron chi connectivity index (χ1n) is 8.01. The number of nitrogens with zero attached hydrogens (tertiary/aromatic N) is 3. The standard InChI is InChI=1S/C16H22N4O2S/c1-11(2)17-16(21)12-5-3-7-20(9-12)10-14-18-15(19-22-14)13-6-4-8-23-13/h4,6,8,11-12H,3,5,7,9-10H2,1-2H3,(H,17,21). The van der Waals surface area contributed by atoms with Crippen LogP contribution in [0, 0.1) is 5.92 Å². The minimum atomic E-state index is 0.0471. The Morgan fingerprint density at radius 2 is 2.43 bits per heavy atom. The van der Waals surface area contributed by atoms with Gasteiger partial charge in [0.2, 0.25) is 17.6 Å². The minimum Gasteiger partial charge on any atom is -0.354 e. The zero-order chi connectivity index (χ0) is 16.2. The van der Waals surface area contributed by atoms with Gasteiger partial charge < -0.3 is 9.84 Å². The van der Waals surface area contributed by atoms with E-state index in [1.165, 1.54) is 0 Å². The lowest BCUT2D eigenvalue weighted by atomic mass is 9.97. The van der Waals surface area contributed by atoms with Gasteiger partial charge in [0, 0.05) is 12.6 Å². The maximum absolute atomic E-state index is 12.2. The molecule has 1 aliphatic rings. The van der Waals surface area contributed by atoms with Crippen molar-refractivity contribution in [3.63, 3.8) is 0 Å². The summed E-state index contributed by atoms with van der Waals surface area (Å²) < 4.78 is 5.35. The Morgan fingerprint density at radius 1 is 1.57 bits per heavy atom. The zero-order valence-electron chi connectivity index (χ0n) is 13.5. The van der Waals surface area contributed by atoms with E-state index in [-0.39, 0.29) is 17.9 Å². The summed E-state index contributed by atoms with van der Waals surface area (Å²) in [6, 6.07) is 4.13. The zero-order valence-corrected chi connectivity index (χ0v) is 14.3. The highest BCUT2D eigenvalue weighted by Crippen LogP contribution is 2.23. The molecule has 1 unspecified atom stereocenters. The second-order valence-electron chi connectivity index (χ2n) is 6.23. The Morgan fingerprint density at radius 3 is 3.17 bits per heavy atom. The number of carbonyl (C=O) groups excluding carboxylic acids is 1. The Kier molecular flexibility index (Phi) is 5.07. The quantitative estimate of drug-likeness (QED) is 0.910. The van der Waals surface area contributed by atoms with Crippen LogP contribution in [0.3, 0.4) is 0 Å². The van der Waals surface area contributed by atoms with Crippen molar-refractivity contribution in [2.24, 2.45) is 5.92 Å². The highest BCUT2D eigenvalue weighted by molar-refractivity contribution is 7.13. The van der Waals surface area contributed by atoms with Crippen molar-refractivity contribution in [3.8, 4) is 10.7 Å². The molecule has 2 aromatic rings. The average Bonchev–Trinajstić information content (AvgIpc) is 3.17. The van der Waals surface area contributed by atoms with E-state index in [0.717, 1.165) is 30.8 Å². The van der Waals surface area contributed by atoms with Crippen LogP contribution in [0.1, 0.15) is 32.6 Å². The van der Waals surface area contributed by atoms with Crippen molar-refractivity contribution in [1.82, 2.24) is 20.4 Å². The van der Waals surface area contributed by atoms with Gasteiger partial charge in [-0.05, 0) is 44.7 Å². The summed E-state index contributed by atoms with van der Waals surface area (Å²) in [6.07, 6.45) is 1.96. The average molecular weight is 334 g/mol. The highest BCUT2D eigenvalue weighted by Gasteiger charge is 2.27. The Balaban J connectivity index is 1.58. The Bertz CT molecular complexity index is 638. The maximum atomic E-state index is 12.2. The number of thiophene rings is 1. The van der Waals surface area contributed by atoms with E-state index in [1.807, 2.05) is 31.4 Å². The van der Waals surface area contributed by atoms with Gasteiger partial charge in [0.05, 0.1) is 17.3 Å². The molecule has 7 heteroatoms. The summed E-state index contributed by atoms with van der Waals surface area (Å²) in [4.78, 5) is 19.9. The van der Waals surface area contributed by atoms with E-state index in [9.17, 15) is 4.79 Å². The monoisotopic (exact) mass is 334 g/mol. The molecule has 0 spiro atoms. The fourth-order valence-electron chi connectivity index (χ4n) is 2.83. The van der Waals surface area contributed by atoms with Crippen molar-refractivity contribution in [2.75, 3.05) is 13.1 Å². The van der Waals surface area contributed by atoms with Gasteiger partial charge in [-0.3, -0.25) is 9.69 Å². The van der Waals surface area contributed by atoms with Gasteiger partial charge in [-0.15, -0.1) is 11.3 Å². The molecule has 1 aliphatic heterocycles. The van der Waals surface area contributed by atoms with E-state index in [0.29, 0.717) is 18.3 Å². The van der Waals surface area contributed by atoms with Gasteiger partial charge in [-0.25, -0.2) is 0 Å². The number of carbonyl (C=O) groups is 1. The number of amides is 1. The number of likely N-dealkylation sites (tertiary alicyclic amines) is 1. The van der Waals surface area contributed by atoms with E-state index < -0.39 is 0 Å². The smallest absolute Gasteiger partial charge is 0.241 e. The first-order valence-corrected chi connectivity index (χ1v) is 8.89. The van der Waals surface area contributed by atoms with Crippen LogP contribution in [0.2, 0.25) is 0 Å². The SMILES string of the molecule is CC(C)NC(=O)C1CCCN(Cc2nc(-c3cccs3)no2)C1. The number of rotatable bonds is 5. The van der Waals surface area contributed by atoms with Gasteiger partial charge in [0.15, 0.2) is 0 Å². The molecule has 6 nitrogen and oxygen atoms in total. The fourth-order valence-corrected chi connectivity index (χ4v) is 3.48. The minimum absolute atomic E-state index is 0.0471. The van der Waals surface area contributed by atoms with Crippen molar-refractivity contribution in [1.29, 1.82) is 0 Å². The molecule has 3 heterocycles. The molecule has 23 heavy (non-hydrogen) atoms. The molecule has 1 amide bonds. The number of hydrogen-bond acceptors (Lipinski definition) is 6. The molecule has 1 fully saturated rings. The fraction of sp³-hybridized carbons (Fsp3) is 0.562. The maximum Gasteiger partial charge on any atom is 0.241 e. The molecule has 3 rings (SSSR count). The largest absolute Gasteiger partial charge is 0.354 e. The topological polar surface area (TPSA) is 71.3 Å². The summed E-state index contributed by atoms with van der Waals surface area (Å²) in [6.45, 7) is 6.29. The molecular weight excluding hydrogens is 312 g/mol. The lowest BCUT2D eigenvalue weighted by molar-refractivity contribution is -0.127. The van der Waals surface area contributed by atoms with Crippen molar-refractivity contribution >= 4 is 17.2 Å². The second-order valence-corrected chi connectivity index (χ2v) is 7.17. The summed E-state index contributed by atoms with van der Waals surface area (Å²) in [5, 5.41) is 9.03. The van der Waals surface area contributed by atoms with Gasteiger partial charge in [0.25, 0.3) is 0 Å². The van der Waals surface area contributed by atoms with Crippen LogP contribution in [-0.2, 0) is 11.3 Å². The predicted octanol–water partition coefficient (Wildman–Crippen LogP) is 2.53. The summed E-state index contributed by atoms with van der Waals surface area (Å²) in [7, 11) is 0. The summed E-state index contributed by atoms with van der Waals surface area (Å²) >= 11 is 1.59. The highest BCUT2D eigenvalue weighted by atomic mass is 32.1. The molecule has 1 N–H and O–H groups in total. The van der Waals surface area contributed by atoms with Crippen LogP contribution in [0.25, 0.3) is 10.7 Å². The first kappa shape index (κ1) is 16.1. The molecule has 124 valence electrons. The molecule has 1 saturated heterocycles. The number of hydrogen-bond donors (Lipinski definition) is 1. The van der Waals surface area contributed by atoms with E-state index in [4.69, 9.17) is 4.52 Å². The predicted molar refractivity (Wildman–Crippen MR) is 88.9 cm³/mol. The molecule has 1 atom stereocenters. The van der Waals surface area contributed by atoms with E-state index in [1.54, 1.807) is 11.3 Å². The van der Waals surface area contributed by atoms with E-state index in [2.05, 4.69) is 20.4 Å². The normalized spacial score (nSPS) is 19.2. The van der Waals surface area contributed by atoms with Gasteiger partial charge in [0.1, 0.15) is 0 Å². The molecule has 0 saturated carbocycles. The third-order valence-electron chi connectivity index (χ3n) is 3.88. The van der Waals surface area contributed by atoms with Crippen molar-refractivity contribution in [2.45, 2.75) is 39.3 Å². The van der Waals surface area contributed by atoms with Gasteiger partial charge >= 0.3 is 0 Å². The van der Waals surface area contributed by atoms with E-state index >= 15 is 0 Å². The molecule has 0 radical (unpaired) electrons. The first-order chi connectivity index (χ1) is 11.1. The second kappa shape index (κ2) is 7.23. The summed E-state index contributed by atoms with van der Waals surface area (Å²) in [5.74, 6) is 1.44. The van der Waals surface area contributed by atoms with Crippen LogP contribution < -0.4 is 5.32 Å². The van der Waals surface area contributed by atoms with Crippen LogP contribution in [0.5, 0.6) is 0 Å². The molecule has 2 aromatic heterocycles. The third kappa shape index (κ3) is 4.17. The lowest BCUT2D eigenvalue weighted by Gasteiger charge is -2.31. The van der Waals surface area contributed by atoms with Crippen LogP contribution >= 0.6 is 11.3 Å².